The number of terminal acetylenes is 1. The molecule has 2 heterocycles. The van der Waals surface area contributed by atoms with Crippen molar-refractivity contribution in [2.75, 3.05) is 0 Å². The molecule has 0 saturated heterocycles. The normalized spacial score (nSPS) is 11.6. The van der Waals surface area contributed by atoms with Crippen molar-refractivity contribution < 1.29 is 0 Å². The zero-order valence-electron chi connectivity index (χ0n) is 9.15. The number of aromatic nitrogens is 3. The van der Waals surface area contributed by atoms with Gasteiger partial charge in [-0.15, -0.1) is 11.5 Å². The fourth-order valence-corrected chi connectivity index (χ4v) is 1.33. The van der Waals surface area contributed by atoms with Crippen LogP contribution >= 0.6 is 0 Å². The zero-order chi connectivity index (χ0) is 11.1. The molecule has 2 aromatic rings. The molecule has 2 rings (SSSR count). The highest BCUT2D eigenvalue weighted by molar-refractivity contribution is 5.43. The van der Waals surface area contributed by atoms with Gasteiger partial charge in [-0.3, -0.25) is 0 Å². The van der Waals surface area contributed by atoms with Gasteiger partial charge in [0, 0.05) is 5.41 Å². The van der Waals surface area contributed by atoms with Crippen LogP contribution in [0.4, 0.5) is 0 Å². The van der Waals surface area contributed by atoms with E-state index in [0.717, 1.165) is 17.2 Å². The predicted molar refractivity (Wildman–Crippen MR) is 59.6 cm³/mol. The first-order valence-electron chi connectivity index (χ1n) is 4.85. The Morgan fingerprint density at radius 2 is 2.07 bits per heavy atom. The van der Waals surface area contributed by atoms with Crippen LogP contribution in [-0.2, 0) is 5.41 Å². The molecule has 3 nitrogen and oxygen atoms in total. The van der Waals surface area contributed by atoms with E-state index in [1.165, 1.54) is 0 Å². The lowest BCUT2D eigenvalue weighted by Gasteiger charge is -2.11. The van der Waals surface area contributed by atoms with Gasteiger partial charge in [0.1, 0.15) is 5.69 Å². The molecule has 0 aliphatic heterocycles. The van der Waals surface area contributed by atoms with Crippen LogP contribution in [0.2, 0.25) is 0 Å². The molecule has 0 spiro atoms. The number of hydrogen-bond acceptors (Lipinski definition) is 2. The first-order valence-corrected chi connectivity index (χ1v) is 4.85. The van der Waals surface area contributed by atoms with E-state index in [0.29, 0.717) is 0 Å². The van der Waals surface area contributed by atoms with E-state index in [-0.39, 0.29) is 5.41 Å². The molecule has 0 N–H and O–H groups in total. The third kappa shape index (κ3) is 1.59. The molecule has 0 aliphatic rings. The summed E-state index contributed by atoms with van der Waals surface area (Å²) in [5.74, 6) is 3.41. The SMILES string of the molecule is C#Cc1cccc2nc(C(C)(C)C)nn12. The molecule has 0 amide bonds. The van der Waals surface area contributed by atoms with Gasteiger partial charge in [0.15, 0.2) is 11.5 Å². The Hall–Kier alpha value is -1.82. The highest BCUT2D eigenvalue weighted by atomic mass is 15.3. The fraction of sp³-hybridized carbons (Fsp3) is 0.333. The van der Waals surface area contributed by atoms with Crippen molar-refractivity contribution >= 4 is 5.65 Å². The first kappa shape index (κ1) is 9.72. The molecule has 0 aromatic carbocycles. The summed E-state index contributed by atoms with van der Waals surface area (Å²) in [5, 5.41) is 4.42. The predicted octanol–water partition coefficient (Wildman–Crippen LogP) is 2.01. The lowest BCUT2D eigenvalue weighted by atomic mass is 9.96. The number of rotatable bonds is 0. The third-order valence-electron chi connectivity index (χ3n) is 2.18. The van der Waals surface area contributed by atoms with Gasteiger partial charge in [-0.25, -0.2) is 9.50 Å². The summed E-state index contributed by atoms with van der Waals surface area (Å²) >= 11 is 0. The van der Waals surface area contributed by atoms with E-state index in [1.54, 1.807) is 4.52 Å². The lowest BCUT2D eigenvalue weighted by Crippen LogP contribution is -2.13. The molecule has 0 bridgehead atoms. The number of nitrogens with zero attached hydrogens (tertiary/aromatic N) is 3. The maximum Gasteiger partial charge on any atom is 0.157 e. The topological polar surface area (TPSA) is 30.2 Å². The maximum atomic E-state index is 5.40. The van der Waals surface area contributed by atoms with Gasteiger partial charge in [-0.1, -0.05) is 32.8 Å². The van der Waals surface area contributed by atoms with Crippen molar-refractivity contribution in [3.8, 4) is 12.3 Å². The van der Waals surface area contributed by atoms with Crippen LogP contribution in [0.25, 0.3) is 5.65 Å². The molecule has 15 heavy (non-hydrogen) atoms. The number of pyridine rings is 1. The Kier molecular flexibility index (Phi) is 2.01. The molecule has 0 radical (unpaired) electrons. The molecule has 0 aliphatic carbocycles. The molecular formula is C12H13N3. The van der Waals surface area contributed by atoms with Crippen LogP contribution in [0, 0.1) is 12.3 Å². The van der Waals surface area contributed by atoms with Crippen molar-refractivity contribution in [1.29, 1.82) is 0 Å². The van der Waals surface area contributed by atoms with Crippen LogP contribution in [0.15, 0.2) is 18.2 Å². The van der Waals surface area contributed by atoms with Gasteiger partial charge in [0.05, 0.1) is 0 Å². The van der Waals surface area contributed by atoms with Crippen LogP contribution in [0.3, 0.4) is 0 Å². The van der Waals surface area contributed by atoms with E-state index in [9.17, 15) is 0 Å². The molecule has 76 valence electrons. The van der Waals surface area contributed by atoms with Gasteiger partial charge in [-0.05, 0) is 12.1 Å². The Morgan fingerprint density at radius 3 is 2.67 bits per heavy atom. The van der Waals surface area contributed by atoms with E-state index in [2.05, 4.69) is 36.8 Å². The third-order valence-corrected chi connectivity index (χ3v) is 2.18. The van der Waals surface area contributed by atoms with Crippen molar-refractivity contribution in [3.63, 3.8) is 0 Å². The fourth-order valence-electron chi connectivity index (χ4n) is 1.33. The van der Waals surface area contributed by atoms with Gasteiger partial charge in [0.2, 0.25) is 0 Å². The Labute approximate surface area is 89.1 Å². The van der Waals surface area contributed by atoms with E-state index < -0.39 is 0 Å². The molecule has 0 saturated carbocycles. The quantitative estimate of drug-likeness (QED) is 0.607. The summed E-state index contributed by atoms with van der Waals surface area (Å²) in [7, 11) is 0. The lowest BCUT2D eigenvalue weighted by molar-refractivity contribution is 0.545. The molecule has 0 unspecified atom stereocenters. The Balaban J connectivity index is 2.72. The van der Waals surface area contributed by atoms with Crippen LogP contribution < -0.4 is 0 Å². The van der Waals surface area contributed by atoms with Crippen LogP contribution in [-0.4, -0.2) is 14.6 Å². The van der Waals surface area contributed by atoms with Crippen molar-refractivity contribution in [2.24, 2.45) is 0 Å². The molecule has 2 aromatic heterocycles. The molecular weight excluding hydrogens is 186 g/mol. The summed E-state index contributed by atoms with van der Waals surface area (Å²) in [6, 6.07) is 5.66. The molecule has 0 fully saturated rings. The molecule has 0 atom stereocenters. The average Bonchev–Trinajstić information content (AvgIpc) is 2.59. The minimum absolute atomic E-state index is 0.0577. The monoisotopic (exact) mass is 199 g/mol. The summed E-state index contributed by atoms with van der Waals surface area (Å²) < 4.78 is 1.71. The summed E-state index contributed by atoms with van der Waals surface area (Å²) in [5.41, 5.74) is 1.48. The maximum absolute atomic E-state index is 5.40. The van der Waals surface area contributed by atoms with Gasteiger partial charge in [0.25, 0.3) is 0 Å². The van der Waals surface area contributed by atoms with Crippen molar-refractivity contribution in [2.45, 2.75) is 26.2 Å². The van der Waals surface area contributed by atoms with E-state index in [1.807, 2.05) is 18.2 Å². The van der Waals surface area contributed by atoms with Gasteiger partial charge < -0.3 is 0 Å². The Morgan fingerprint density at radius 1 is 1.33 bits per heavy atom. The van der Waals surface area contributed by atoms with E-state index >= 15 is 0 Å². The highest BCUT2D eigenvalue weighted by Gasteiger charge is 2.19. The summed E-state index contributed by atoms with van der Waals surface area (Å²) in [6.45, 7) is 6.24. The second kappa shape index (κ2) is 3.09. The number of fused-ring (bicyclic) bond motifs is 1. The van der Waals surface area contributed by atoms with Gasteiger partial charge in [-0.2, -0.15) is 0 Å². The van der Waals surface area contributed by atoms with Crippen molar-refractivity contribution in [1.82, 2.24) is 14.6 Å². The first-order chi connectivity index (χ1) is 7.02. The largest absolute Gasteiger partial charge is 0.211 e. The zero-order valence-corrected chi connectivity index (χ0v) is 9.15. The summed E-state index contributed by atoms with van der Waals surface area (Å²) in [6.07, 6.45) is 5.40. The van der Waals surface area contributed by atoms with E-state index in [4.69, 9.17) is 6.42 Å². The molecule has 3 heteroatoms. The Bertz CT molecular complexity index is 538. The van der Waals surface area contributed by atoms with Crippen LogP contribution in [0.5, 0.6) is 0 Å². The minimum atomic E-state index is -0.0577. The minimum Gasteiger partial charge on any atom is -0.211 e. The number of hydrogen-bond donors (Lipinski definition) is 0. The highest BCUT2D eigenvalue weighted by Crippen LogP contribution is 2.19. The second-order valence-electron chi connectivity index (χ2n) is 4.51. The van der Waals surface area contributed by atoms with Crippen LogP contribution in [0.1, 0.15) is 32.3 Å². The second-order valence-corrected chi connectivity index (χ2v) is 4.51. The van der Waals surface area contributed by atoms with Crippen molar-refractivity contribution in [3.05, 3.63) is 29.7 Å². The average molecular weight is 199 g/mol. The standard InChI is InChI=1S/C12H13N3/c1-5-9-7-6-8-10-13-11(12(2,3)4)14-15(9)10/h1,6-8H,2-4H3. The smallest absolute Gasteiger partial charge is 0.157 e. The summed E-state index contributed by atoms with van der Waals surface area (Å²) in [4.78, 5) is 4.45. The van der Waals surface area contributed by atoms with Gasteiger partial charge >= 0.3 is 0 Å².